The zero-order valence-corrected chi connectivity index (χ0v) is 33.3. The summed E-state index contributed by atoms with van der Waals surface area (Å²) in [5.41, 5.74) is 11.0. The Labute approximate surface area is 350 Å². The van der Waals surface area contributed by atoms with Crippen LogP contribution in [-0.4, -0.2) is 16.1 Å². The Balaban J connectivity index is 1.10. The number of amidine groups is 1. The van der Waals surface area contributed by atoms with Crippen LogP contribution in [0.1, 0.15) is 36.1 Å². The van der Waals surface area contributed by atoms with E-state index < -0.39 is 0 Å². The lowest BCUT2D eigenvalue weighted by molar-refractivity contribution is 0.532. The van der Waals surface area contributed by atoms with E-state index >= 15 is 0 Å². The summed E-state index contributed by atoms with van der Waals surface area (Å²) in [4.78, 5) is 11.1. The molecule has 0 N–H and O–H groups in total. The highest BCUT2D eigenvalue weighted by Crippen LogP contribution is 2.45. The highest BCUT2D eigenvalue weighted by molar-refractivity contribution is 6.19. The van der Waals surface area contributed by atoms with Crippen LogP contribution in [0, 0.1) is 5.92 Å². The second-order valence-corrected chi connectivity index (χ2v) is 16.4. The Kier molecular flexibility index (Phi) is 7.34. The third kappa shape index (κ3) is 5.20. The van der Waals surface area contributed by atoms with E-state index in [0.29, 0.717) is 0 Å². The maximum atomic E-state index is 6.94. The zero-order chi connectivity index (χ0) is 40.2. The highest BCUT2D eigenvalue weighted by atomic mass is 16.3. The number of aromatic nitrogens is 1. The normalized spacial score (nSPS) is 15.9. The monoisotopic (exact) mass is 783 g/mol. The summed E-state index contributed by atoms with van der Waals surface area (Å²) in [5.74, 6) is 0.716. The number of hydrogen-bond acceptors (Lipinski definition) is 4. The Morgan fingerprint density at radius 2 is 1.05 bits per heavy atom. The summed E-state index contributed by atoms with van der Waals surface area (Å²) in [5, 5.41) is 11.6. The minimum absolute atomic E-state index is 0.0161. The highest BCUT2D eigenvalue weighted by Gasteiger charge is 2.34. The van der Waals surface area contributed by atoms with Gasteiger partial charge in [0.1, 0.15) is 16.7 Å². The van der Waals surface area contributed by atoms with Gasteiger partial charge in [0, 0.05) is 43.8 Å². The third-order valence-corrected chi connectivity index (χ3v) is 12.9. The van der Waals surface area contributed by atoms with Gasteiger partial charge in [0.15, 0.2) is 11.4 Å². The first-order valence-electron chi connectivity index (χ1n) is 21.1. The smallest absolute Gasteiger partial charge is 0.159 e. The number of fused-ring (bicyclic) bond motifs is 11. The molecule has 9 aromatic carbocycles. The van der Waals surface area contributed by atoms with Gasteiger partial charge in [0.05, 0.1) is 28.5 Å². The lowest BCUT2D eigenvalue weighted by atomic mass is 9.82. The summed E-state index contributed by atoms with van der Waals surface area (Å²) >= 11 is 0. The molecule has 0 spiro atoms. The Hall–Kier alpha value is -7.76. The van der Waals surface area contributed by atoms with Crippen LogP contribution in [0.25, 0.3) is 92.9 Å². The molecule has 5 nitrogen and oxygen atoms in total. The molecule has 0 amide bonds. The van der Waals surface area contributed by atoms with Gasteiger partial charge >= 0.3 is 0 Å². The maximum Gasteiger partial charge on any atom is 0.159 e. The van der Waals surface area contributed by atoms with Crippen LogP contribution in [-0.2, 0) is 0 Å². The minimum Gasteiger partial charge on any atom is -0.456 e. The summed E-state index contributed by atoms with van der Waals surface area (Å²) in [6.45, 7) is 2.26. The minimum atomic E-state index is -0.240. The van der Waals surface area contributed by atoms with E-state index in [1.54, 1.807) is 0 Å². The summed E-state index contributed by atoms with van der Waals surface area (Å²) < 4.78 is 15.7. The van der Waals surface area contributed by atoms with Crippen LogP contribution in [0.5, 0.6) is 0 Å². The molecule has 2 atom stereocenters. The van der Waals surface area contributed by atoms with E-state index in [0.717, 1.165) is 95.3 Å². The van der Waals surface area contributed by atoms with Crippen molar-refractivity contribution < 1.29 is 8.83 Å². The Bertz CT molecular complexity index is 3730. The van der Waals surface area contributed by atoms with Gasteiger partial charge in [0.2, 0.25) is 0 Å². The van der Waals surface area contributed by atoms with Crippen LogP contribution >= 0.6 is 0 Å². The third-order valence-electron chi connectivity index (χ3n) is 12.9. The van der Waals surface area contributed by atoms with Gasteiger partial charge < -0.3 is 13.4 Å². The quantitative estimate of drug-likeness (QED) is 0.175. The van der Waals surface area contributed by atoms with Crippen molar-refractivity contribution in [2.75, 3.05) is 0 Å². The van der Waals surface area contributed by atoms with Crippen LogP contribution in [0.15, 0.2) is 201 Å². The Morgan fingerprint density at radius 1 is 0.475 bits per heavy atom. The lowest BCUT2D eigenvalue weighted by Gasteiger charge is -2.30. The summed E-state index contributed by atoms with van der Waals surface area (Å²) in [6, 6.07) is 64.8. The van der Waals surface area contributed by atoms with Crippen molar-refractivity contribution in [3.63, 3.8) is 0 Å². The average molecular weight is 784 g/mol. The van der Waals surface area contributed by atoms with E-state index in [2.05, 4.69) is 175 Å². The average Bonchev–Trinajstić information content (AvgIpc) is 3.98. The molecule has 13 rings (SSSR count). The molecule has 12 aromatic rings. The topological polar surface area (TPSA) is 55.9 Å². The number of nitrogens with zero attached hydrogens (tertiary/aromatic N) is 3. The van der Waals surface area contributed by atoms with Crippen LogP contribution in [0.4, 0.5) is 0 Å². The van der Waals surface area contributed by atoms with E-state index in [1.807, 2.05) is 18.2 Å². The second-order valence-electron chi connectivity index (χ2n) is 16.4. The van der Waals surface area contributed by atoms with Crippen molar-refractivity contribution in [2.24, 2.45) is 15.9 Å². The summed E-state index contributed by atoms with van der Waals surface area (Å²) in [7, 11) is 0. The predicted molar refractivity (Wildman–Crippen MR) is 253 cm³/mol. The van der Waals surface area contributed by atoms with E-state index in [4.69, 9.17) is 18.8 Å². The molecule has 1 aliphatic heterocycles. The fourth-order valence-electron chi connectivity index (χ4n) is 10.0. The van der Waals surface area contributed by atoms with Crippen LogP contribution in [0.2, 0.25) is 0 Å². The number of rotatable bonds is 5. The number of aliphatic imine (C=N–C) groups is 2. The van der Waals surface area contributed by atoms with Crippen LogP contribution < -0.4 is 0 Å². The molecule has 0 saturated heterocycles. The van der Waals surface area contributed by atoms with Crippen molar-refractivity contribution in [1.82, 2.24) is 4.57 Å². The molecule has 0 saturated carbocycles. The van der Waals surface area contributed by atoms with Gasteiger partial charge in [-0.1, -0.05) is 122 Å². The summed E-state index contributed by atoms with van der Waals surface area (Å²) in [6.07, 6.45) is 0.839. The molecule has 3 aromatic heterocycles. The van der Waals surface area contributed by atoms with Crippen molar-refractivity contribution in [3.8, 4) is 5.69 Å². The maximum absolute atomic E-state index is 6.94. The fraction of sp³-hybridized carbons (Fsp3) is 0.0714. The Morgan fingerprint density at radius 3 is 1.72 bits per heavy atom. The molecular formula is C56H37N3O2. The van der Waals surface area contributed by atoms with E-state index in [-0.39, 0.29) is 12.0 Å². The zero-order valence-electron chi connectivity index (χ0n) is 33.3. The first-order chi connectivity index (χ1) is 30.2. The molecule has 288 valence electrons. The van der Waals surface area contributed by atoms with Crippen molar-refractivity contribution in [3.05, 3.63) is 199 Å². The van der Waals surface area contributed by atoms with Crippen molar-refractivity contribution in [1.29, 1.82) is 0 Å². The van der Waals surface area contributed by atoms with Crippen molar-refractivity contribution in [2.45, 2.75) is 19.4 Å². The van der Waals surface area contributed by atoms with Crippen LogP contribution in [0.3, 0.4) is 0 Å². The predicted octanol–water partition coefficient (Wildman–Crippen LogP) is 14.9. The van der Waals surface area contributed by atoms with Gasteiger partial charge in [-0.25, -0.2) is 4.99 Å². The fourth-order valence-corrected chi connectivity index (χ4v) is 10.0. The molecule has 1 aliphatic rings. The molecule has 0 fully saturated rings. The van der Waals surface area contributed by atoms with E-state index in [1.165, 1.54) is 32.3 Å². The van der Waals surface area contributed by atoms with Gasteiger partial charge in [-0.3, -0.25) is 4.99 Å². The molecule has 61 heavy (non-hydrogen) atoms. The largest absolute Gasteiger partial charge is 0.456 e. The number of hydrogen-bond donors (Lipinski definition) is 0. The van der Waals surface area contributed by atoms with E-state index in [9.17, 15) is 0 Å². The standard InChI is InChI=1S/C56H37N3O2/c1-2-40-53(38-24-25-52-45(28-38)41-20-10-12-22-50(41)60-52)57-56(33-14-4-3-5-15-33)58-54(40)39-29-46-42-21-11-13-23-51(42)61-55(46)49(32-39)59-47-30-36-18-8-6-16-34(36)26-43(47)44-27-35-17-7-9-19-37(35)31-48(44)59/h3-32,40,54H,2H2,1H3. The van der Waals surface area contributed by atoms with Gasteiger partial charge in [-0.15, -0.1) is 0 Å². The second kappa shape index (κ2) is 13.1. The molecule has 4 heterocycles. The SMILES string of the molecule is CCC1C(c2ccc3oc4ccccc4c3c2)=NC(c2ccccc2)=NC1c1cc(-n2c3cc4ccccc4cc3c3cc4ccccc4cc32)c2oc3ccccc3c2c1. The first-order valence-corrected chi connectivity index (χ1v) is 21.1. The number of furan rings is 2. The number of benzene rings is 9. The molecule has 5 heteroatoms. The molecule has 2 unspecified atom stereocenters. The first kappa shape index (κ1) is 34.1. The molecular weight excluding hydrogens is 747 g/mol. The van der Waals surface area contributed by atoms with Crippen molar-refractivity contribution >= 4 is 98.8 Å². The lowest BCUT2D eigenvalue weighted by Crippen LogP contribution is -2.28. The number of para-hydroxylation sites is 2. The van der Waals surface area contributed by atoms with Gasteiger partial charge in [0.25, 0.3) is 0 Å². The van der Waals surface area contributed by atoms with Gasteiger partial charge in [-0.2, -0.15) is 0 Å². The van der Waals surface area contributed by atoms with Gasteiger partial charge in [-0.05, 0) is 106 Å². The molecule has 0 aliphatic carbocycles. The molecule has 0 bridgehead atoms. The molecule has 0 radical (unpaired) electrons.